The molecule has 3 aliphatic rings. The molecule has 3 heterocycles. The second kappa shape index (κ2) is 13.3. The summed E-state index contributed by atoms with van der Waals surface area (Å²) in [6.45, 7) is 14.4. The van der Waals surface area contributed by atoms with Crippen molar-refractivity contribution in [3.05, 3.63) is 97.1 Å². The average Bonchev–Trinajstić information content (AvgIpc) is 3.61. The Hall–Kier alpha value is -3.75. The smallest absolute Gasteiger partial charge is 0.248 e. The Kier molecular flexibility index (Phi) is 9.65. The van der Waals surface area contributed by atoms with Crippen molar-refractivity contribution < 1.29 is 24.2 Å². The monoisotopic (exact) mass is 613 g/mol. The number of aliphatic hydroxyl groups excluding tert-OH is 1. The van der Waals surface area contributed by atoms with Crippen LogP contribution in [0, 0.1) is 11.8 Å². The number of benzene rings is 2. The molecule has 3 saturated heterocycles. The Bertz CT molecular complexity index is 1400. The number of amides is 3. The fourth-order valence-electron chi connectivity index (χ4n) is 8.13. The van der Waals surface area contributed by atoms with Crippen LogP contribution in [0.1, 0.15) is 63.6 Å². The van der Waals surface area contributed by atoms with Crippen molar-refractivity contribution in [3.8, 4) is 0 Å². The third kappa shape index (κ3) is 5.63. The van der Waals surface area contributed by atoms with Gasteiger partial charge in [0.25, 0.3) is 0 Å². The number of ether oxygens (including phenoxy) is 1. The minimum Gasteiger partial charge on any atom is -0.394 e. The van der Waals surface area contributed by atoms with E-state index < -0.39 is 35.1 Å². The third-order valence-corrected chi connectivity index (χ3v) is 10.1. The van der Waals surface area contributed by atoms with Crippen LogP contribution in [0.15, 0.2) is 86.0 Å². The zero-order chi connectivity index (χ0) is 32.4. The van der Waals surface area contributed by atoms with Crippen LogP contribution >= 0.6 is 0 Å². The van der Waals surface area contributed by atoms with Crippen LogP contribution in [0.3, 0.4) is 0 Å². The molecule has 7 atom stereocenters. The summed E-state index contributed by atoms with van der Waals surface area (Å²) in [5, 5.41) is 10.8. The van der Waals surface area contributed by atoms with Crippen LogP contribution in [0.5, 0.6) is 0 Å². The summed E-state index contributed by atoms with van der Waals surface area (Å²) in [7, 11) is 0. The van der Waals surface area contributed by atoms with Gasteiger partial charge in [0.15, 0.2) is 0 Å². The number of aliphatic hydroxyl groups is 1. The second-order valence-electron chi connectivity index (χ2n) is 13.0. The summed E-state index contributed by atoms with van der Waals surface area (Å²) in [4.78, 5) is 49.4. The fraction of sp³-hybridized carbons (Fsp3) is 0.486. The largest absolute Gasteiger partial charge is 0.394 e. The highest BCUT2D eigenvalue weighted by Gasteiger charge is 2.79. The molecule has 45 heavy (non-hydrogen) atoms. The predicted octanol–water partition coefficient (Wildman–Crippen LogP) is 4.90. The number of carbonyl (C=O) groups is 3. The Morgan fingerprint density at radius 3 is 2.29 bits per heavy atom. The summed E-state index contributed by atoms with van der Waals surface area (Å²) in [5.41, 5.74) is -0.430. The van der Waals surface area contributed by atoms with Crippen LogP contribution in [-0.4, -0.2) is 80.5 Å². The SMILES string of the molecule is C=CCN(Cc1ccccc1)C(=O)[C@@H]1[C@H]2C(=O)N([C@H](CO)c3ccccc3)C(C(=O)N(CC=C)C(C)CCC)C23CC[C@@]1(C)O3. The molecule has 8 nitrogen and oxygen atoms in total. The molecule has 5 rings (SSSR count). The summed E-state index contributed by atoms with van der Waals surface area (Å²) in [6.07, 6.45) is 6.08. The second-order valence-corrected chi connectivity index (χ2v) is 13.0. The number of rotatable bonds is 14. The first-order valence-electron chi connectivity index (χ1n) is 16.2. The van der Waals surface area contributed by atoms with Crippen LogP contribution in [-0.2, 0) is 25.7 Å². The molecule has 2 aromatic carbocycles. The lowest BCUT2D eigenvalue weighted by molar-refractivity contribution is -0.157. The van der Waals surface area contributed by atoms with Crippen molar-refractivity contribution in [1.29, 1.82) is 0 Å². The van der Waals surface area contributed by atoms with Gasteiger partial charge in [-0.3, -0.25) is 14.4 Å². The first-order valence-corrected chi connectivity index (χ1v) is 16.2. The molecule has 0 radical (unpaired) electrons. The topological polar surface area (TPSA) is 90.4 Å². The van der Waals surface area contributed by atoms with Gasteiger partial charge in [0.1, 0.15) is 11.6 Å². The highest BCUT2D eigenvalue weighted by molar-refractivity contribution is 5.99. The van der Waals surface area contributed by atoms with Crippen molar-refractivity contribution in [2.75, 3.05) is 19.7 Å². The number of carbonyl (C=O) groups excluding carboxylic acids is 3. The lowest BCUT2D eigenvalue weighted by atomic mass is 9.66. The van der Waals surface area contributed by atoms with Gasteiger partial charge in [0.2, 0.25) is 17.7 Å². The molecule has 1 N–H and O–H groups in total. The maximum atomic E-state index is 14.9. The molecule has 3 aliphatic heterocycles. The standard InChI is InChI=1S/C37H47N3O5/c1-6-15-26(4)39(23-8-3)35(44)32-37-21-20-36(5,45-37)30(33(42)38(22-7-2)24-27-16-11-9-12-17-27)31(37)34(43)40(32)29(25-41)28-18-13-10-14-19-28/h7-14,16-19,26,29-32,41H,2-3,6,15,20-25H2,1,4-5H3/t26?,29-,30+,31+,32?,36-,37?/m1/s1. The van der Waals surface area contributed by atoms with E-state index in [2.05, 4.69) is 20.1 Å². The van der Waals surface area contributed by atoms with Crippen LogP contribution in [0.25, 0.3) is 0 Å². The third-order valence-electron chi connectivity index (χ3n) is 10.1. The molecule has 8 heteroatoms. The molecule has 1 spiro atoms. The van der Waals surface area contributed by atoms with Gasteiger partial charge in [-0.15, -0.1) is 13.2 Å². The van der Waals surface area contributed by atoms with E-state index in [0.717, 1.165) is 24.0 Å². The van der Waals surface area contributed by atoms with Crippen LogP contribution in [0.2, 0.25) is 0 Å². The fourth-order valence-corrected chi connectivity index (χ4v) is 8.13. The minimum atomic E-state index is -1.20. The molecule has 0 aromatic heterocycles. The first kappa shape index (κ1) is 32.6. The lowest BCUT2D eigenvalue weighted by Gasteiger charge is -2.41. The van der Waals surface area contributed by atoms with E-state index in [1.54, 1.807) is 26.9 Å². The van der Waals surface area contributed by atoms with Crippen LogP contribution < -0.4 is 0 Å². The molecular formula is C37H47N3O5. The van der Waals surface area contributed by atoms with Gasteiger partial charge < -0.3 is 24.5 Å². The molecule has 240 valence electrons. The van der Waals surface area contributed by atoms with Gasteiger partial charge in [0, 0.05) is 25.7 Å². The van der Waals surface area contributed by atoms with Crippen molar-refractivity contribution in [3.63, 3.8) is 0 Å². The molecule has 2 bridgehead atoms. The van der Waals surface area contributed by atoms with Crippen LogP contribution in [0.4, 0.5) is 0 Å². The molecule has 0 saturated carbocycles. The average molecular weight is 614 g/mol. The summed E-state index contributed by atoms with van der Waals surface area (Å²) < 4.78 is 6.93. The Balaban J connectivity index is 1.62. The van der Waals surface area contributed by atoms with Gasteiger partial charge in [0.05, 0.1) is 30.1 Å². The van der Waals surface area contributed by atoms with E-state index in [9.17, 15) is 19.5 Å². The molecular weight excluding hydrogens is 566 g/mol. The molecule has 2 aromatic rings. The van der Waals surface area contributed by atoms with Gasteiger partial charge in [-0.25, -0.2) is 0 Å². The number of hydrogen-bond donors (Lipinski definition) is 1. The van der Waals surface area contributed by atoms with E-state index in [0.29, 0.717) is 32.5 Å². The normalized spacial score (nSPS) is 28.0. The summed E-state index contributed by atoms with van der Waals surface area (Å²) >= 11 is 0. The number of likely N-dealkylation sites (tertiary alicyclic amines) is 1. The predicted molar refractivity (Wildman–Crippen MR) is 174 cm³/mol. The first-order chi connectivity index (χ1) is 21.7. The highest BCUT2D eigenvalue weighted by atomic mass is 16.5. The molecule has 3 fully saturated rings. The zero-order valence-electron chi connectivity index (χ0n) is 26.8. The van der Waals surface area contributed by atoms with Gasteiger partial charge in [-0.1, -0.05) is 86.2 Å². The Labute approximate surface area is 267 Å². The van der Waals surface area contributed by atoms with Crippen molar-refractivity contribution in [2.45, 2.75) is 82.3 Å². The molecule has 3 amide bonds. The van der Waals surface area contributed by atoms with Crippen molar-refractivity contribution >= 4 is 17.7 Å². The van der Waals surface area contributed by atoms with Gasteiger partial charge in [-0.05, 0) is 44.2 Å². The van der Waals surface area contributed by atoms with Crippen molar-refractivity contribution in [1.82, 2.24) is 14.7 Å². The van der Waals surface area contributed by atoms with E-state index in [4.69, 9.17) is 4.74 Å². The molecule has 3 unspecified atom stereocenters. The maximum absolute atomic E-state index is 14.9. The van der Waals surface area contributed by atoms with E-state index in [1.807, 2.05) is 74.5 Å². The summed E-state index contributed by atoms with van der Waals surface area (Å²) in [6, 6.07) is 17.2. The maximum Gasteiger partial charge on any atom is 0.248 e. The van der Waals surface area contributed by atoms with Gasteiger partial charge >= 0.3 is 0 Å². The van der Waals surface area contributed by atoms with E-state index in [1.165, 1.54) is 0 Å². The highest BCUT2D eigenvalue weighted by Crippen LogP contribution is 2.64. The number of fused-ring (bicyclic) bond motifs is 1. The lowest BCUT2D eigenvalue weighted by Crippen LogP contribution is -2.58. The Morgan fingerprint density at radius 1 is 1.04 bits per heavy atom. The Morgan fingerprint density at radius 2 is 1.69 bits per heavy atom. The van der Waals surface area contributed by atoms with E-state index >= 15 is 0 Å². The van der Waals surface area contributed by atoms with Crippen molar-refractivity contribution in [2.24, 2.45) is 11.8 Å². The number of hydrogen-bond acceptors (Lipinski definition) is 5. The minimum absolute atomic E-state index is 0.0993. The molecule has 0 aliphatic carbocycles. The van der Waals surface area contributed by atoms with Gasteiger partial charge in [-0.2, -0.15) is 0 Å². The number of nitrogens with zero attached hydrogens (tertiary/aromatic N) is 3. The summed E-state index contributed by atoms with van der Waals surface area (Å²) in [5.74, 6) is -2.40. The van der Waals surface area contributed by atoms with E-state index in [-0.39, 0.29) is 30.4 Å². The quantitative estimate of drug-likeness (QED) is 0.306. The zero-order valence-corrected chi connectivity index (χ0v) is 26.8.